The lowest BCUT2D eigenvalue weighted by Crippen LogP contribution is -2.16. The molecule has 1 spiro atoms. The highest BCUT2D eigenvalue weighted by atomic mass is 19.1. The molecule has 0 heterocycles. The predicted octanol–water partition coefficient (Wildman–Crippen LogP) is 8.49. The van der Waals surface area contributed by atoms with Crippen molar-refractivity contribution in [3.63, 3.8) is 0 Å². The Labute approximate surface area is 232 Å². The predicted molar refractivity (Wildman–Crippen MR) is 155 cm³/mol. The van der Waals surface area contributed by atoms with Crippen LogP contribution < -0.4 is 9.47 Å². The number of aldehydes is 1. The van der Waals surface area contributed by atoms with E-state index < -0.39 is 0 Å². The van der Waals surface area contributed by atoms with E-state index in [0.717, 1.165) is 60.8 Å². The Morgan fingerprint density at radius 3 is 2.56 bits per heavy atom. The van der Waals surface area contributed by atoms with Crippen LogP contribution >= 0.6 is 0 Å². The Morgan fingerprint density at radius 1 is 1.05 bits per heavy atom. The number of unbranched alkanes of at least 4 members (excludes halogenated alkanes) is 1. The van der Waals surface area contributed by atoms with Gasteiger partial charge in [0.2, 0.25) is 0 Å². The third-order valence-corrected chi connectivity index (χ3v) is 9.29. The second kappa shape index (κ2) is 10.8. The Hall–Kier alpha value is -3.14. The van der Waals surface area contributed by atoms with Crippen molar-refractivity contribution < 1.29 is 18.7 Å². The van der Waals surface area contributed by atoms with Gasteiger partial charge in [0.05, 0.1) is 7.11 Å². The average molecular weight is 529 g/mol. The lowest BCUT2D eigenvalue weighted by Gasteiger charge is -2.26. The summed E-state index contributed by atoms with van der Waals surface area (Å²) < 4.78 is 26.8. The molecule has 0 N–H and O–H groups in total. The maximum absolute atomic E-state index is 15.0. The molecule has 0 saturated heterocycles. The van der Waals surface area contributed by atoms with Crippen molar-refractivity contribution in [2.24, 2.45) is 17.3 Å². The number of fused-ring (bicyclic) bond motifs is 2. The molecule has 3 aromatic rings. The highest BCUT2D eigenvalue weighted by Gasteiger charge is 2.64. The first-order chi connectivity index (χ1) is 18.7. The number of methoxy groups -OCH3 is 1. The molecule has 0 aliphatic heterocycles. The summed E-state index contributed by atoms with van der Waals surface area (Å²) in [5.74, 6) is 1.76. The van der Waals surface area contributed by atoms with Gasteiger partial charge in [0.25, 0.3) is 0 Å². The molecule has 0 amide bonds. The molecule has 2 unspecified atom stereocenters. The van der Waals surface area contributed by atoms with Crippen LogP contribution in [0.2, 0.25) is 0 Å². The molecule has 2 aliphatic rings. The number of rotatable bonds is 11. The summed E-state index contributed by atoms with van der Waals surface area (Å²) in [4.78, 5) is 11.7. The molecule has 0 aromatic heterocycles. The Kier molecular flexibility index (Phi) is 7.59. The second-order valence-corrected chi connectivity index (χ2v) is 12.4. The van der Waals surface area contributed by atoms with Crippen LogP contribution in [0.5, 0.6) is 11.5 Å². The van der Waals surface area contributed by atoms with E-state index in [-0.39, 0.29) is 22.6 Å². The Morgan fingerprint density at radius 2 is 1.85 bits per heavy atom. The van der Waals surface area contributed by atoms with Crippen LogP contribution in [0.3, 0.4) is 0 Å². The van der Waals surface area contributed by atoms with E-state index in [9.17, 15) is 4.79 Å². The maximum Gasteiger partial charge on any atom is 0.131 e. The summed E-state index contributed by atoms with van der Waals surface area (Å²) in [6.07, 6.45) is 7.51. The summed E-state index contributed by atoms with van der Waals surface area (Å²) in [6, 6.07) is 17.6. The Bertz CT molecular complexity index is 1360. The number of hydrogen-bond acceptors (Lipinski definition) is 3. The number of carbonyl (C=O) groups is 1. The van der Waals surface area contributed by atoms with E-state index in [1.165, 1.54) is 23.6 Å². The third kappa shape index (κ3) is 5.23. The number of ether oxygens (including phenoxy) is 2. The molecule has 3 atom stereocenters. The van der Waals surface area contributed by atoms with Crippen LogP contribution in [0.4, 0.5) is 4.39 Å². The average Bonchev–Trinajstić information content (AvgIpc) is 3.32. The SMILES string of the molecule is CCCCC(C)(C)Cc1cc(COc2ccc3c(c2)C2(CC3)C(C=O)[C@@H]2C)ccc1-c1cc(OC)ccc1F. The van der Waals surface area contributed by atoms with E-state index >= 15 is 4.39 Å². The van der Waals surface area contributed by atoms with Gasteiger partial charge in [-0.05, 0) is 95.2 Å². The fourth-order valence-electron chi connectivity index (χ4n) is 6.91. The van der Waals surface area contributed by atoms with E-state index in [2.05, 4.69) is 52.0 Å². The quantitative estimate of drug-likeness (QED) is 0.234. The van der Waals surface area contributed by atoms with Gasteiger partial charge in [-0.1, -0.05) is 64.8 Å². The smallest absolute Gasteiger partial charge is 0.131 e. The summed E-state index contributed by atoms with van der Waals surface area (Å²) >= 11 is 0. The van der Waals surface area contributed by atoms with Crippen molar-refractivity contribution in [2.45, 2.75) is 78.2 Å². The lowest BCUT2D eigenvalue weighted by atomic mass is 9.79. The van der Waals surface area contributed by atoms with Gasteiger partial charge in [0.15, 0.2) is 0 Å². The van der Waals surface area contributed by atoms with Gasteiger partial charge in [-0.15, -0.1) is 0 Å². The molecule has 5 rings (SSSR count). The molecule has 1 fully saturated rings. The minimum absolute atomic E-state index is 0.0101. The molecule has 3 aromatic carbocycles. The molecule has 0 radical (unpaired) electrons. The molecule has 0 bridgehead atoms. The Balaban J connectivity index is 1.42. The normalized spacial score (nSPS) is 21.6. The van der Waals surface area contributed by atoms with Gasteiger partial charge in [-0.3, -0.25) is 0 Å². The molecular weight excluding hydrogens is 487 g/mol. The largest absolute Gasteiger partial charge is 0.497 e. The van der Waals surface area contributed by atoms with Gasteiger partial charge in [-0.2, -0.15) is 0 Å². The van der Waals surface area contributed by atoms with Crippen molar-refractivity contribution >= 4 is 6.29 Å². The third-order valence-electron chi connectivity index (χ3n) is 9.29. The zero-order valence-electron chi connectivity index (χ0n) is 24.0. The van der Waals surface area contributed by atoms with Crippen molar-refractivity contribution in [1.82, 2.24) is 0 Å². The topological polar surface area (TPSA) is 35.5 Å². The van der Waals surface area contributed by atoms with Gasteiger partial charge in [0.1, 0.15) is 30.2 Å². The van der Waals surface area contributed by atoms with Crippen LogP contribution in [-0.2, 0) is 29.7 Å². The fourth-order valence-corrected chi connectivity index (χ4v) is 6.91. The van der Waals surface area contributed by atoms with Crippen LogP contribution in [0.25, 0.3) is 11.1 Å². The second-order valence-electron chi connectivity index (χ2n) is 12.4. The molecule has 1 saturated carbocycles. The van der Waals surface area contributed by atoms with Gasteiger partial charge >= 0.3 is 0 Å². The van der Waals surface area contributed by atoms with Gasteiger partial charge in [-0.25, -0.2) is 4.39 Å². The molecule has 39 heavy (non-hydrogen) atoms. The minimum atomic E-state index is -0.248. The number of hydrogen-bond donors (Lipinski definition) is 0. The van der Waals surface area contributed by atoms with Crippen LogP contribution in [0.15, 0.2) is 54.6 Å². The highest BCUT2D eigenvalue weighted by molar-refractivity contribution is 5.70. The minimum Gasteiger partial charge on any atom is -0.497 e. The zero-order chi connectivity index (χ0) is 27.8. The van der Waals surface area contributed by atoms with Crippen molar-refractivity contribution in [1.29, 1.82) is 0 Å². The molecule has 2 aliphatic carbocycles. The fraction of sp³-hybridized carbons (Fsp3) is 0.457. The van der Waals surface area contributed by atoms with Crippen molar-refractivity contribution in [3.8, 4) is 22.6 Å². The van der Waals surface area contributed by atoms with E-state index in [0.29, 0.717) is 23.8 Å². The first kappa shape index (κ1) is 27.4. The number of halogens is 1. The number of aryl methyl sites for hydroxylation is 1. The van der Waals surface area contributed by atoms with E-state index in [4.69, 9.17) is 9.47 Å². The van der Waals surface area contributed by atoms with Crippen molar-refractivity contribution in [2.75, 3.05) is 7.11 Å². The molecule has 206 valence electrons. The van der Waals surface area contributed by atoms with Gasteiger partial charge < -0.3 is 14.3 Å². The molecule has 3 nitrogen and oxygen atoms in total. The zero-order valence-corrected chi connectivity index (χ0v) is 24.0. The standard InChI is InChI=1S/C35H41FO3/c1-6-7-15-34(3,4)20-26-17-24(8-12-29(26)30-18-27(38-5)11-13-33(30)36)22-39-28-10-9-25-14-16-35(31(25)19-28)23(2)32(35)21-37/h8-13,17-19,21,23,32H,6-7,14-16,20,22H2,1-5H3/t23-,32?,35?/m0/s1. The monoisotopic (exact) mass is 528 g/mol. The number of benzene rings is 3. The van der Waals surface area contributed by atoms with Crippen LogP contribution in [-0.4, -0.2) is 13.4 Å². The first-order valence-corrected chi connectivity index (χ1v) is 14.4. The number of carbonyl (C=O) groups excluding carboxylic acids is 1. The van der Waals surface area contributed by atoms with Crippen molar-refractivity contribution in [3.05, 3.63) is 82.7 Å². The van der Waals surface area contributed by atoms with E-state index in [1.807, 2.05) is 12.1 Å². The van der Waals surface area contributed by atoms with Gasteiger partial charge in [0, 0.05) is 16.9 Å². The molecule has 4 heteroatoms. The van der Waals surface area contributed by atoms with Crippen LogP contribution in [0, 0.1) is 23.1 Å². The van der Waals surface area contributed by atoms with Crippen LogP contribution in [0.1, 0.15) is 75.6 Å². The summed E-state index contributed by atoms with van der Waals surface area (Å²) in [7, 11) is 1.61. The summed E-state index contributed by atoms with van der Waals surface area (Å²) in [6.45, 7) is 9.43. The van der Waals surface area contributed by atoms with E-state index in [1.54, 1.807) is 19.2 Å². The maximum atomic E-state index is 15.0. The summed E-state index contributed by atoms with van der Waals surface area (Å²) in [5, 5.41) is 0. The summed E-state index contributed by atoms with van der Waals surface area (Å²) in [5.41, 5.74) is 6.39. The highest BCUT2D eigenvalue weighted by Crippen LogP contribution is 2.65. The lowest BCUT2D eigenvalue weighted by molar-refractivity contribution is -0.109. The molecular formula is C35H41FO3. The first-order valence-electron chi connectivity index (χ1n) is 14.4.